The molecule has 28 heavy (non-hydrogen) atoms. The van der Waals surface area contributed by atoms with Crippen LogP contribution in [0.2, 0.25) is 0 Å². The molecule has 0 aliphatic heterocycles. The van der Waals surface area contributed by atoms with Gasteiger partial charge in [0.25, 0.3) is 0 Å². The molecule has 0 bridgehead atoms. The van der Waals surface area contributed by atoms with E-state index in [-0.39, 0.29) is 24.0 Å². The summed E-state index contributed by atoms with van der Waals surface area (Å²) in [6.45, 7) is 0. The van der Waals surface area contributed by atoms with Crippen LogP contribution >= 0.6 is 0 Å². The van der Waals surface area contributed by atoms with E-state index in [2.05, 4.69) is 5.32 Å². The van der Waals surface area contributed by atoms with Crippen LogP contribution in [0, 0.1) is 0 Å². The highest BCUT2D eigenvalue weighted by Crippen LogP contribution is 2.29. The molecule has 6 nitrogen and oxygen atoms in total. The van der Waals surface area contributed by atoms with E-state index in [9.17, 15) is 32.8 Å². The van der Waals surface area contributed by atoms with Crippen LogP contribution in [0.3, 0.4) is 0 Å². The van der Waals surface area contributed by atoms with Crippen LogP contribution in [0.4, 0.5) is 13.2 Å². The van der Waals surface area contributed by atoms with Crippen molar-refractivity contribution in [2.24, 2.45) is 0 Å². The van der Waals surface area contributed by atoms with Crippen molar-refractivity contribution in [3.8, 4) is 0 Å². The summed E-state index contributed by atoms with van der Waals surface area (Å²) in [6.07, 6.45) is -5.00. The van der Waals surface area contributed by atoms with Gasteiger partial charge in [0.2, 0.25) is 5.91 Å². The molecule has 0 saturated carbocycles. The Hall–Kier alpha value is -2.85. The molecule has 2 aromatic rings. The van der Waals surface area contributed by atoms with Gasteiger partial charge in [-0.2, -0.15) is 13.2 Å². The van der Waals surface area contributed by atoms with Crippen LogP contribution in [0.15, 0.2) is 48.5 Å². The lowest BCUT2D eigenvalue weighted by Gasteiger charge is -2.18. The molecule has 10 heteroatoms. The number of alkyl halides is 3. The molecule has 1 atom stereocenters. The Bertz CT molecular complexity index is 857. The average molecular weight is 395 g/mol. The van der Waals surface area contributed by atoms with Crippen molar-refractivity contribution < 1.29 is 37.9 Å². The largest absolute Gasteiger partial charge is 0.478 e. The Morgan fingerprint density at radius 2 is 1.68 bits per heavy atom. The standard InChI is InChI=1S/C18H17BF3NO5/c20-18(21,22)14-6-2-4-12(8-14)10-16(24)23-15(19(27)28)9-11-3-1-5-13(7-11)17(25)26/h1-8,15,27-28H,9-10H2,(H,23,24)(H,25,26)/t15-/m0/s1. The van der Waals surface area contributed by atoms with Crippen molar-refractivity contribution in [2.45, 2.75) is 25.0 Å². The molecule has 0 radical (unpaired) electrons. The summed E-state index contributed by atoms with van der Waals surface area (Å²) in [5, 5.41) is 30.3. The molecule has 0 saturated heterocycles. The van der Waals surface area contributed by atoms with E-state index in [4.69, 9.17) is 5.11 Å². The van der Waals surface area contributed by atoms with Gasteiger partial charge in [0.15, 0.2) is 0 Å². The summed E-state index contributed by atoms with van der Waals surface area (Å²) in [6, 6.07) is 10.00. The first-order valence-corrected chi connectivity index (χ1v) is 8.20. The molecule has 0 aliphatic carbocycles. The fourth-order valence-electron chi connectivity index (χ4n) is 2.62. The zero-order valence-corrected chi connectivity index (χ0v) is 14.5. The number of carbonyl (C=O) groups excluding carboxylic acids is 1. The number of benzene rings is 2. The predicted octanol–water partition coefficient (Wildman–Crippen LogP) is 1.69. The Balaban J connectivity index is 2.07. The monoisotopic (exact) mass is 395 g/mol. The van der Waals surface area contributed by atoms with Crippen LogP contribution in [0.25, 0.3) is 0 Å². The molecule has 4 N–H and O–H groups in total. The number of nitrogens with one attached hydrogen (secondary N) is 1. The van der Waals surface area contributed by atoms with Crippen LogP contribution in [0.1, 0.15) is 27.0 Å². The second kappa shape index (κ2) is 8.90. The normalized spacial score (nSPS) is 12.3. The van der Waals surface area contributed by atoms with E-state index < -0.39 is 36.7 Å². The van der Waals surface area contributed by atoms with Crippen LogP contribution < -0.4 is 5.32 Å². The molecule has 0 aromatic heterocycles. The SMILES string of the molecule is O=C(Cc1cccc(C(F)(F)F)c1)N[C@@H](Cc1cccc(C(=O)O)c1)B(O)O. The zero-order chi connectivity index (χ0) is 20.9. The summed E-state index contributed by atoms with van der Waals surface area (Å²) in [4.78, 5) is 23.1. The van der Waals surface area contributed by atoms with Gasteiger partial charge in [-0.3, -0.25) is 4.79 Å². The molecule has 0 unspecified atom stereocenters. The number of hydrogen-bond donors (Lipinski definition) is 4. The van der Waals surface area contributed by atoms with Gasteiger partial charge in [-0.25, -0.2) is 4.79 Å². The highest BCUT2D eigenvalue weighted by Gasteiger charge is 2.31. The number of carboxylic acids is 1. The second-order valence-corrected chi connectivity index (χ2v) is 6.17. The van der Waals surface area contributed by atoms with E-state index in [0.717, 1.165) is 12.1 Å². The van der Waals surface area contributed by atoms with Gasteiger partial charge in [0.05, 0.1) is 23.5 Å². The first-order chi connectivity index (χ1) is 13.1. The van der Waals surface area contributed by atoms with Crippen molar-refractivity contribution in [2.75, 3.05) is 0 Å². The first kappa shape index (κ1) is 21.5. The third kappa shape index (κ3) is 6.10. The summed E-state index contributed by atoms with van der Waals surface area (Å²) in [5.41, 5.74) is -0.329. The smallest absolute Gasteiger partial charge is 0.475 e. The van der Waals surface area contributed by atoms with Gasteiger partial charge in [0.1, 0.15) is 0 Å². The quantitative estimate of drug-likeness (QED) is 0.534. The van der Waals surface area contributed by atoms with E-state index in [1.54, 1.807) is 6.07 Å². The molecule has 0 heterocycles. The summed E-state index contributed by atoms with van der Waals surface area (Å²) >= 11 is 0. The minimum absolute atomic E-state index is 0.000952. The lowest BCUT2D eigenvalue weighted by Crippen LogP contribution is -2.48. The Labute approximate surface area is 158 Å². The third-order valence-corrected chi connectivity index (χ3v) is 3.95. The van der Waals surface area contributed by atoms with Gasteiger partial charge >= 0.3 is 19.3 Å². The van der Waals surface area contributed by atoms with Gasteiger partial charge < -0.3 is 20.5 Å². The number of rotatable bonds is 7. The van der Waals surface area contributed by atoms with E-state index in [1.807, 2.05) is 0 Å². The number of halogens is 3. The molecular formula is C18H17BF3NO5. The zero-order valence-electron chi connectivity index (χ0n) is 14.5. The van der Waals surface area contributed by atoms with Crippen molar-refractivity contribution >= 4 is 19.0 Å². The predicted molar refractivity (Wildman–Crippen MR) is 94.4 cm³/mol. The third-order valence-electron chi connectivity index (χ3n) is 3.95. The molecule has 2 aromatic carbocycles. The van der Waals surface area contributed by atoms with Crippen molar-refractivity contribution in [1.29, 1.82) is 0 Å². The topological polar surface area (TPSA) is 107 Å². The number of hydrogen-bond acceptors (Lipinski definition) is 4. The highest BCUT2D eigenvalue weighted by atomic mass is 19.4. The summed E-state index contributed by atoms with van der Waals surface area (Å²) < 4.78 is 38.2. The first-order valence-electron chi connectivity index (χ1n) is 8.20. The minimum atomic E-state index is -4.54. The molecule has 0 spiro atoms. The average Bonchev–Trinajstić information content (AvgIpc) is 2.60. The van der Waals surface area contributed by atoms with Crippen molar-refractivity contribution in [1.82, 2.24) is 5.32 Å². The minimum Gasteiger partial charge on any atom is -0.478 e. The second-order valence-electron chi connectivity index (χ2n) is 6.17. The number of carbonyl (C=O) groups is 2. The van der Waals surface area contributed by atoms with E-state index in [1.165, 1.54) is 30.3 Å². The molecular weight excluding hydrogens is 378 g/mol. The van der Waals surface area contributed by atoms with Gasteiger partial charge in [-0.1, -0.05) is 30.3 Å². The van der Waals surface area contributed by atoms with Gasteiger partial charge in [0, 0.05) is 0 Å². The molecule has 148 valence electrons. The maximum atomic E-state index is 12.7. The van der Waals surface area contributed by atoms with Crippen LogP contribution in [0.5, 0.6) is 0 Å². The number of amides is 1. The van der Waals surface area contributed by atoms with Gasteiger partial charge in [-0.15, -0.1) is 0 Å². The summed E-state index contributed by atoms with van der Waals surface area (Å²) in [7, 11) is -1.95. The molecule has 2 rings (SSSR count). The van der Waals surface area contributed by atoms with E-state index >= 15 is 0 Å². The fourth-order valence-corrected chi connectivity index (χ4v) is 2.62. The Morgan fingerprint density at radius 3 is 2.29 bits per heavy atom. The number of aromatic carboxylic acids is 1. The maximum absolute atomic E-state index is 12.7. The lowest BCUT2D eigenvalue weighted by atomic mass is 9.75. The van der Waals surface area contributed by atoms with Crippen molar-refractivity contribution in [3.63, 3.8) is 0 Å². The summed E-state index contributed by atoms with van der Waals surface area (Å²) in [5.74, 6) is -3.02. The number of carboxylic acid groups (broad SMARTS) is 1. The van der Waals surface area contributed by atoms with E-state index in [0.29, 0.717) is 5.56 Å². The van der Waals surface area contributed by atoms with Crippen molar-refractivity contribution in [3.05, 3.63) is 70.8 Å². The molecule has 1 amide bonds. The lowest BCUT2D eigenvalue weighted by molar-refractivity contribution is -0.137. The van der Waals surface area contributed by atoms with Crippen LogP contribution in [-0.2, 0) is 23.8 Å². The maximum Gasteiger partial charge on any atom is 0.475 e. The molecule has 0 fully saturated rings. The van der Waals surface area contributed by atoms with Crippen LogP contribution in [-0.4, -0.2) is 40.1 Å². The highest BCUT2D eigenvalue weighted by molar-refractivity contribution is 6.43. The Morgan fingerprint density at radius 1 is 1.04 bits per heavy atom. The Kier molecular flexibility index (Phi) is 6.82. The molecule has 0 aliphatic rings. The van der Waals surface area contributed by atoms with Gasteiger partial charge in [-0.05, 0) is 35.7 Å². The fraction of sp³-hybridized carbons (Fsp3) is 0.222.